The molecule has 0 bridgehead atoms. The van der Waals surface area contributed by atoms with Crippen LogP contribution in [0.25, 0.3) is 0 Å². The maximum absolute atomic E-state index is 12.4. The molecule has 1 aliphatic rings. The molecule has 1 fully saturated rings. The summed E-state index contributed by atoms with van der Waals surface area (Å²) >= 11 is 0. The summed E-state index contributed by atoms with van der Waals surface area (Å²) in [5, 5.41) is 8.51. The lowest BCUT2D eigenvalue weighted by Crippen LogP contribution is -2.56. The molecule has 1 nitrogen and oxygen atoms in total. The Bertz CT molecular complexity index is 107. The van der Waals surface area contributed by atoms with Crippen LogP contribution in [0, 0.1) is 0 Å². The predicted octanol–water partition coefficient (Wildman–Crippen LogP) is 1.05. The van der Waals surface area contributed by atoms with E-state index in [1.807, 2.05) is 0 Å². The Morgan fingerprint density at radius 2 is 0.833 bits per heavy atom. The summed E-state index contributed by atoms with van der Waals surface area (Å²) in [5.74, 6) is 0. The largest absolute Gasteiger partial charge is 0.387 e. The molecule has 12 heavy (non-hydrogen) atoms. The van der Waals surface area contributed by atoms with Gasteiger partial charge in [-0.15, -0.1) is 0 Å². The van der Waals surface area contributed by atoms with Gasteiger partial charge in [-0.3, -0.25) is 0 Å². The minimum absolute atomic E-state index is 2.41. The third-order valence-electron chi connectivity index (χ3n) is 1.87. The average molecular weight is 190 g/mol. The fraction of sp³-hybridized carbons (Fsp3) is 1.00. The monoisotopic (exact) mass is 190 g/mol. The van der Waals surface area contributed by atoms with Crippen LogP contribution in [0.1, 0.15) is 0 Å². The first-order valence-electron chi connectivity index (χ1n) is 3.35. The molecular formula is C6H7F5O. The molecule has 1 saturated carbocycles. The minimum atomic E-state index is -2.83. The zero-order valence-electron chi connectivity index (χ0n) is 5.80. The second-order valence-electron chi connectivity index (χ2n) is 2.71. The van der Waals surface area contributed by atoms with Crippen molar-refractivity contribution in [3.8, 4) is 0 Å². The Morgan fingerprint density at radius 3 is 1.17 bits per heavy atom. The van der Waals surface area contributed by atoms with Gasteiger partial charge < -0.3 is 5.11 Å². The Kier molecular flexibility index (Phi) is 2.55. The Labute approximate surface area is 65.2 Å². The zero-order valence-corrected chi connectivity index (χ0v) is 5.80. The lowest BCUT2D eigenvalue weighted by atomic mass is 9.89. The van der Waals surface area contributed by atoms with Gasteiger partial charge in [0.15, 0.2) is 30.9 Å². The van der Waals surface area contributed by atoms with Gasteiger partial charge in [-0.25, -0.2) is 22.0 Å². The third-order valence-corrected chi connectivity index (χ3v) is 1.87. The summed E-state index contributed by atoms with van der Waals surface area (Å²) in [6, 6.07) is 0. The highest BCUT2D eigenvalue weighted by atomic mass is 19.2. The van der Waals surface area contributed by atoms with Crippen molar-refractivity contribution in [1.82, 2.24) is 0 Å². The number of rotatable bonds is 0. The summed E-state index contributed by atoms with van der Waals surface area (Å²) in [6.45, 7) is 0. The maximum atomic E-state index is 12.4. The first kappa shape index (κ1) is 9.70. The topological polar surface area (TPSA) is 20.2 Å². The highest BCUT2D eigenvalue weighted by Gasteiger charge is 2.52. The third kappa shape index (κ3) is 1.28. The molecule has 1 N–H and O–H groups in total. The normalized spacial score (nSPS) is 55.5. The van der Waals surface area contributed by atoms with E-state index in [4.69, 9.17) is 5.11 Å². The lowest BCUT2D eigenvalue weighted by molar-refractivity contribution is -0.124. The fourth-order valence-corrected chi connectivity index (χ4v) is 1.08. The van der Waals surface area contributed by atoms with Gasteiger partial charge in [-0.2, -0.15) is 0 Å². The number of halogens is 5. The first-order valence-corrected chi connectivity index (χ1v) is 3.35. The van der Waals surface area contributed by atoms with E-state index >= 15 is 0 Å². The molecule has 1 rings (SSSR count). The van der Waals surface area contributed by atoms with E-state index in [1.54, 1.807) is 0 Å². The van der Waals surface area contributed by atoms with Gasteiger partial charge in [0.1, 0.15) is 6.10 Å². The summed E-state index contributed by atoms with van der Waals surface area (Å²) in [4.78, 5) is 0. The van der Waals surface area contributed by atoms with Crippen LogP contribution in [-0.2, 0) is 0 Å². The van der Waals surface area contributed by atoms with Crippen LogP contribution in [0.4, 0.5) is 22.0 Å². The number of aliphatic hydroxyl groups is 1. The van der Waals surface area contributed by atoms with Crippen molar-refractivity contribution in [3.63, 3.8) is 0 Å². The molecule has 4 atom stereocenters. The molecule has 0 aromatic rings. The van der Waals surface area contributed by atoms with Crippen molar-refractivity contribution in [2.75, 3.05) is 0 Å². The molecule has 4 unspecified atom stereocenters. The predicted molar refractivity (Wildman–Crippen MR) is 30.5 cm³/mol. The molecule has 0 aromatic heterocycles. The van der Waals surface area contributed by atoms with Crippen LogP contribution in [-0.4, -0.2) is 42.1 Å². The average Bonchev–Trinajstić information content (AvgIpc) is 2.08. The second-order valence-corrected chi connectivity index (χ2v) is 2.71. The van der Waals surface area contributed by atoms with E-state index in [-0.39, 0.29) is 0 Å². The van der Waals surface area contributed by atoms with Crippen LogP contribution < -0.4 is 0 Å². The van der Waals surface area contributed by atoms with Crippen molar-refractivity contribution < 1.29 is 27.1 Å². The van der Waals surface area contributed by atoms with E-state index in [1.165, 1.54) is 0 Å². The Hall–Kier alpha value is -0.390. The maximum Gasteiger partial charge on any atom is 0.168 e. The fourth-order valence-electron chi connectivity index (χ4n) is 1.08. The SMILES string of the molecule is OC1C(F)C(F)C(F)C(F)C1F. The molecule has 72 valence electrons. The van der Waals surface area contributed by atoms with E-state index in [0.717, 1.165) is 0 Å². The molecular weight excluding hydrogens is 183 g/mol. The van der Waals surface area contributed by atoms with Crippen LogP contribution >= 0.6 is 0 Å². The van der Waals surface area contributed by atoms with Crippen molar-refractivity contribution in [3.05, 3.63) is 0 Å². The zero-order chi connectivity index (χ0) is 9.46. The number of alkyl halides is 5. The Balaban J connectivity index is 2.76. The van der Waals surface area contributed by atoms with Gasteiger partial charge in [-0.05, 0) is 0 Å². The van der Waals surface area contributed by atoms with Gasteiger partial charge in [0.05, 0.1) is 0 Å². The molecule has 0 amide bonds. The molecule has 0 heterocycles. The first-order chi connectivity index (χ1) is 5.46. The van der Waals surface area contributed by atoms with Gasteiger partial charge in [0, 0.05) is 0 Å². The molecule has 0 aromatic carbocycles. The van der Waals surface area contributed by atoms with E-state index in [0.29, 0.717) is 0 Å². The lowest BCUT2D eigenvalue weighted by Gasteiger charge is -2.33. The van der Waals surface area contributed by atoms with Crippen molar-refractivity contribution in [2.45, 2.75) is 37.0 Å². The highest BCUT2D eigenvalue weighted by Crippen LogP contribution is 2.31. The molecule has 0 spiro atoms. The van der Waals surface area contributed by atoms with Crippen molar-refractivity contribution in [1.29, 1.82) is 0 Å². The molecule has 6 heteroatoms. The van der Waals surface area contributed by atoms with Crippen LogP contribution in [0.3, 0.4) is 0 Å². The van der Waals surface area contributed by atoms with E-state index in [2.05, 4.69) is 0 Å². The quantitative estimate of drug-likeness (QED) is 0.566. The summed E-state index contributed by atoms with van der Waals surface area (Å²) < 4.78 is 61.7. The summed E-state index contributed by atoms with van der Waals surface area (Å²) in [7, 11) is 0. The Morgan fingerprint density at radius 1 is 0.583 bits per heavy atom. The van der Waals surface area contributed by atoms with E-state index in [9.17, 15) is 22.0 Å². The van der Waals surface area contributed by atoms with Crippen LogP contribution in [0.2, 0.25) is 0 Å². The number of aliphatic hydroxyl groups excluding tert-OH is 1. The number of hydrogen-bond donors (Lipinski definition) is 1. The highest BCUT2D eigenvalue weighted by molar-refractivity contribution is 4.99. The summed E-state index contributed by atoms with van der Waals surface area (Å²) in [6.07, 6.45) is -16.2. The van der Waals surface area contributed by atoms with Crippen LogP contribution in [0.5, 0.6) is 0 Å². The second kappa shape index (κ2) is 3.16. The minimum Gasteiger partial charge on any atom is -0.387 e. The smallest absolute Gasteiger partial charge is 0.168 e. The molecule has 1 aliphatic carbocycles. The van der Waals surface area contributed by atoms with Crippen molar-refractivity contribution in [2.24, 2.45) is 0 Å². The van der Waals surface area contributed by atoms with Gasteiger partial charge in [0.25, 0.3) is 0 Å². The summed E-state index contributed by atoms with van der Waals surface area (Å²) in [5.41, 5.74) is 0. The van der Waals surface area contributed by atoms with Crippen LogP contribution in [0.15, 0.2) is 0 Å². The van der Waals surface area contributed by atoms with Gasteiger partial charge >= 0.3 is 0 Å². The standard InChI is InChI=1S/C6H7F5O/c7-1-2(8)4(10)6(12)5(11)3(1)9/h1-6,12H. The van der Waals surface area contributed by atoms with Gasteiger partial charge in [-0.1, -0.05) is 0 Å². The van der Waals surface area contributed by atoms with Gasteiger partial charge in [0.2, 0.25) is 0 Å². The van der Waals surface area contributed by atoms with Crippen molar-refractivity contribution >= 4 is 0 Å². The molecule has 0 radical (unpaired) electrons. The molecule has 0 saturated heterocycles. The number of hydrogen-bond acceptors (Lipinski definition) is 1. The van der Waals surface area contributed by atoms with E-state index < -0.39 is 37.0 Å². The molecule has 0 aliphatic heterocycles.